The molecule has 7 aromatic heterocycles. The summed E-state index contributed by atoms with van der Waals surface area (Å²) in [6, 6.07) is 24.0. The number of nitrogen functional groups attached to an aromatic ring is 1. The molecule has 10 fully saturated rings. The van der Waals surface area contributed by atoms with Gasteiger partial charge in [0, 0.05) is 234 Å². The van der Waals surface area contributed by atoms with Gasteiger partial charge in [-0.3, -0.25) is 4.99 Å². The maximum Gasteiger partial charge on any atom is 0.495 e. The molecule has 21 rings (SSSR count). The number of aliphatic hydroxyl groups is 2. The van der Waals surface area contributed by atoms with E-state index in [0.717, 1.165) is 278 Å². The minimum atomic E-state index is -0.452. The molecule has 11 aromatic rings. The molecule has 0 spiro atoms. The van der Waals surface area contributed by atoms with Crippen LogP contribution in [0, 0.1) is 7.43 Å². The number of hydrogen-bond donors (Lipinski definition) is 4. The third-order valence-corrected chi connectivity index (χ3v) is 25.8. The fraction of sp³-hybridized carbons (Fsp3) is 0.576. The summed E-state index contributed by atoms with van der Waals surface area (Å²) in [5.74, 6) is 7.34. The normalized spacial score (nSPS) is 20.2. The molecule has 17 heterocycles. The van der Waals surface area contributed by atoms with Crippen LogP contribution in [-0.4, -0.2) is 324 Å². The largest absolute Gasteiger partial charge is 0.495 e. The molecular weight excluding hydrogens is 1930 g/mol. The van der Waals surface area contributed by atoms with Gasteiger partial charge in [-0.25, -0.2) is 38.8 Å². The molecule has 4 atom stereocenters. The number of halogens is 1. The molecule has 5 N–H and O–H groups in total. The van der Waals surface area contributed by atoms with Crippen LogP contribution in [0.3, 0.4) is 0 Å². The number of benzene rings is 4. The molecule has 0 radical (unpaired) electrons. The maximum atomic E-state index is 11.3. The van der Waals surface area contributed by atoms with Crippen LogP contribution in [0.5, 0.6) is 0 Å². The first-order valence-electron chi connectivity index (χ1n) is 49.7. The Balaban J connectivity index is 0.000000145. The Hall–Kier alpha value is -10.2. The number of carbonyl (C=O) groups excluding carboxylic acids is 1. The van der Waals surface area contributed by atoms with Crippen LogP contribution in [0.25, 0.3) is 66.9 Å². The number of anilines is 5. The Kier molecular flexibility index (Phi) is 41.1. The summed E-state index contributed by atoms with van der Waals surface area (Å²) in [6.45, 7) is 34.4. The second-order valence-corrected chi connectivity index (χ2v) is 36.7. The molecule has 43 heteroatoms. The minimum Gasteiger partial charge on any atom is -0.399 e. The molecule has 4 aromatic carbocycles. The monoisotopic (exact) mass is 2070 g/mol. The summed E-state index contributed by atoms with van der Waals surface area (Å²) in [7, 11) is 3.11. The van der Waals surface area contributed by atoms with Gasteiger partial charge in [0.05, 0.1) is 80.6 Å². The van der Waals surface area contributed by atoms with Crippen molar-refractivity contribution >= 4 is 98.6 Å². The van der Waals surface area contributed by atoms with Crippen LogP contribution in [-0.2, 0) is 93.5 Å². The van der Waals surface area contributed by atoms with Crippen molar-refractivity contribution in [2.75, 3.05) is 204 Å². The number of nitrogens with one attached hydrogen (secondary N) is 1. The number of morpholine rings is 4. The van der Waals surface area contributed by atoms with E-state index in [4.69, 9.17) is 110 Å². The van der Waals surface area contributed by atoms with Crippen LogP contribution in [0.4, 0.5) is 34.3 Å². The summed E-state index contributed by atoms with van der Waals surface area (Å²) in [4.78, 5) is 82.4. The van der Waals surface area contributed by atoms with Crippen LogP contribution < -0.4 is 36.1 Å². The molecule has 770 valence electrons. The quantitative estimate of drug-likeness (QED) is 0.0285. The van der Waals surface area contributed by atoms with E-state index in [9.17, 15) is 9.90 Å². The standard InChI is InChI=1S/2C21H26N6O2.C20H24N6O3.C18H27BN2O3.C9H13ClN4O.C7H15N3O.C2H6O.CH3.Pd/c2*1-2-18-22-20(24-21(23-18)26-9-12-28-13-10-26)15-6-5-7-17-16(15)14-27(25-17)19-8-3-4-11-29-19;27-13-17-21-19(23-20(22-17)25-7-10-28-11-8-25)14-4-3-5-16-15(14)12-26(24-16)18-6-1-2-9-29-18;1-17(2)18(3,4)24-19(23-17)14-8-7-9-15(20)13(14)12-21-16-10-5-6-11-22-16;1-2-7-11-8(10)13-9(12-7)14-3-5-15-6-4-14;1-9(2)7(11)10-5-3-8-4-6-10;1-2-3;;/h2*5-7,14,19H,2-4,8-13H2,1H3;3-5,12,18,27H,1-2,6-11,13H2;7-9,12,16H,5-6,10-11,20H2,1-4H3;2-6H2,1H3;8H,3-6H2,1-2H3;3H,2H2,1H3;1H3;/q;;;;;;;-1;. The number of aromatic nitrogens is 18. The molecule has 0 saturated carbocycles. The molecule has 4 unspecified atom stereocenters. The summed E-state index contributed by atoms with van der Waals surface area (Å²) in [5, 5.41) is 38.0. The van der Waals surface area contributed by atoms with Gasteiger partial charge >= 0.3 is 13.1 Å². The van der Waals surface area contributed by atoms with Crippen molar-refractivity contribution in [2.24, 2.45) is 4.99 Å². The number of amides is 2. The van der Waals surface area contributed by atoms with Crippen LogP contribution in [0.1, 0.15) is 180 Å². The zero-order chi connectivity index (χ0) is 97.9. The van der Waals surface area contributed by atoms with E-state index in [-0.39, 0.29) is 88.5 Å². The van der Waals surface area contributed by atoms with E-state index in [1.165, 1.54) is 12.8 Å². The number of fused-ring (bicyclic) bond motifs is 3. The zero-order valence-electron chi connectivity index (χ0n) is 84.0. The Morgan fingerprint density at radius 2 is 0.824 bits per heavy atom. The number of ether oxygens (including phenoxy) is 8. The molecular formula is C99H140BClN27O13Pd-. The number of aliphatic hydroxyl groups excluding tert-OH is 2. The van der Waals surface area contributed by atoms with E-state index >= 15 is 0 Å². The third-order valence-electron chi connectivity index (χ3n) is 25.7. The number of piperazine rings is 1. The predicted octanol–water partition coefficient (Wildman–Crippen LogP) is 11.3. The van der Waals surface area contributed by atoms with Crippen LogP contribution >= 0.6 is 11.6 Å². The van der Waals surface area contributed by atoms with Gasteiger partial charge in [0.2, 0.25) is 29.1 Å². The van der Waals surface area contributed by atoms with Crippen molar-refractivity contribution in [3.8, 4) is 34.2 Å². The number of urea groups is 1. The van der Waals surface area contributed by atoms with Gasteiger partial charge in [0.15, 0.2) is 23.3 Å². The van der Waals surface area contributed by atoms with Crippen molar-refractivity contribution in [1.82, 2.24) is 104 Å². The molecule has 40 nitrogen and oxygen atoms in total. The number of nitrogens with zero attached hydrogens (tertiary/aromatic N) is 25. The Morgan fingerprint density at radius 3 is 1.18 bits per heavy atom. The molecule has 10 aliphatic rings. The van der Waals surface area contributed by atoms with E-state index in [0.29, 0.717) is 93.7 Å². The van der Waals surface area contributed by atoms with Crippen molar-refractivity contribution in [3.63, 3.8) is 0 Å². The molecule has 142 heavy (non-hydrogen) atoms. The van der Waals surface area contributed by atoms with Crippen molar-refractivity contribution in [2.45, 2.75) is 194 Å². The van der Waals surface area contributed by atoms with Gasteiger partial charge < -0.3 is 105 Å². The smallest absolute Gasteiger partial charge is 0.399 e. The van der Waals surface area contributed by atoms with Crippen molar-refractivity contribution in [1.29, 1.82) is 0 Å². The molecule has 0 bridgehead atoms. The summed E-state index contributed by atoms with van der Waals surface area (Å²) in [5.41, 5.74) is 13.4. The fourth-order valence-electron chi connectivity index (χ4n) is 17.2. The number of hydrogen-bond acceptors (Lipinski definition) is 35. The number of aliphatic imine (C=N–C) groups is 1. The van der Waals surface area contributed by atoms with E-state index in [2.05, 4.69) is 103 Å². The molecule has 10 saturated heterocycles. The average molecular weight is 2070 g/mol. The molecule has 10 aliphatic heterocycles. The number of rotatable bonds is 17. The minimum absolute atomic E-state index is 0. The first kappa shape index (κ1) is 109. The number of aryl methyl sites for hydroxylation is 3. The van der Waals surface area contributed by atoms with Crippen molar-refractivity contribution < 1.29 is 82.6 Å². The Morgan fingerprint density at radius 1 is 0.472 bits per heavy atom. The molecule has 2 amide bonds. The summed E-state index contributed by atoms with van der Waals surface area (Å²) in [6.07, 6.45) is 23.2. The van der Waals surface area contributed by atoms with E-state index in [1.807, 2.05) is 127 Å². The van der Waals surface area contributed by atoms with Gasteiger partial charge in [-0.1, -0.05) is 69.3 Å². The van der Waals surface area contributed by atoms with Crippen molar-refractivity contribution in [3.05, 3.63) is 133 Å². The van der Waals surface area contributed by atoms with Crippen LogP contribution in [0.2, 0.25) is 5.28 Å². The summed E-state index contributed by atoms with van der Waals surface area (Å²) >= 11 is 5.83. The average Bonchev–Trinajstić information content (AvgIpc) is 1.60. The van der Waals surface area contributed by atoms with Gasteiger partial charge in [0.25, 0.3) is 0 Å². The molecule has 0 aliphatic carbocycles. The summed E-state index contributed by atoms with van der Waals surface area (Å²) < 4.78 is 63.2. The first-order chi connectivity index (χ1) is 68.2. The third kappa shape index (κ3) is 28.7. The van der Waals surface area contributed by atoms with E-state index < -0.39 is 7.12 Å². The van der Waals surface area contributed by atoms with Crippen LogP contribution in [0.15, 0.2) is 96.4 Å². The fourth-order valence-corrected chi connectivity index (χ4v) is 17.4. The first-order valence-corrected chi connectivity index (χ1v) is 50.1. The van der Waals surface area contributed by atoms with Gasteiger partial charge in [-0.05, 0) is 153 Å². The topological polar surface area (TPSA) is 428 Å². The zero-order valence-corrected chi connectivity index (χ0v) is 86.3. The van der Waals surface area contributed by atoms with Gasteiger partial charge in [0.1, 0.15) is 49.0 Å². The second-order valence-electron chi connectivity index (χ2n) is 36.3. The van der Waals surface area contributed by atoms with Gasteiger partial charge in [-0.2, -0.15) is 55.2 Å². The number of nitrogens with two attached hydrogens (primary N) is 1. The second kappa shape index (κ2) is 53.6. The maximum absolute atomic E-state index is 11.3. The Bertz CT molecular complexity index is 5410. The van der Waals surface area contributed by atoms with Gasteiger partial charge in [-0.15, -0.1) is 0 Å². The SMILES string of the molecule is CC1(C)OB(c2cccc(N)c2C=NC2CCCCO2)OC1(C)C.CCO.CCc1nc(-c2cccc3nn(C4CCCCO4)cc23)nc(N2CCOCC2)n1.CCc1nc(-c2cccc3nn(C4CCCCO4)cc23)nc(N2CCOCC2)n1.CCc1nc(Cl)nc(N2CCOCC2)n1.CN(C)C(=O)N1CCNCC1.OCc1nc(-c2cccc3nn(C4CCCCO4)cc23)nc(N2CCOCC2)n1.[CH3-].[Pd]. The van der Waals surface area contributed by atoms with E-state index in [1.54, 1.807) is 25.9 Å². The predicted molar refractivity (Wildman–Crippen MR) is 544 cm³/mol. The Labute approximate surface area is 850 Å². The number of carbonyl (C=O) groups is 1.